The minimum Gasteiger partial charge on any atom is -0.493 e. The van der Waals surface area contributed by atoms with Gasteiger partial charge in [-0.15, -0.1) is 0 Å². The average molecular weight is 254 g/mol. The van der Waals surface area contributed by atoms with Gasteiger partial charge >= 0.3 is 0 Å². The van der Waals surface area contributed by atoms with Crippen molar-refractivity contribution in [2.45, 2.75) is 18.4 Å². The van der Waals surface area contributed by atoms with E-state index >= 15 is 0 Å². The summed E-state index contributed by atoms with van der Waals surface area (Å²) in [5.74, 6) is 1.14. The first-order chi connectivity index (χ1) is 8.16. The first-order valence-corrected chi connectivity index (χ1v) is 5.55. The van der Waals surface area contributed by atoms with Crippen LogP contribution in [0, 0.1) is 0 Å². The standard InChI is InChI=1S/C12H12ClNO3/c1-16-10-5-8(9(13)6-11(10)17-2)12(3-4-12)14-7-15/h5-6H,3-4H2,1-2H3. The largest absolute Gasteiger partial charge is 0.493 e. The van der Waals surface area contributed by atoms with E-state index in [0.29, 0.717) is 16.5 Å². The highest BCUT2D eigenvalue weighted by Gasteiger charge is 2.46. The Bertz CT molecular complexity index is 491. The third-order valence-electron chi connectivity index (χ3n) is 2.96. The Morgan fingerprint density at radius 1 is 1.29 bits per heavy atom. The van der Waals surface area contributed by atoms with Gasteiger partial charge in [0.25, 0.3) is 0 Å². The Kier molecular flexibility index (Phi) is 3.09. The number of benzene rings is 1. The number of carbonyl (C=O) groups excluding carboxylic acids is 1. The highest BCUT2D eigenvalue weighted by atomic mass is 35.5. The molecule has 0 heterocycles. The van der Waals surface area contributed by atoms with Crippen molar-refractivity contribution in [2.24, 2.45) is 4.99 Å². The zero-order valence-corrected chi connectivity index (χ0v) is 10.4. The molecular weight excluding hydrogens is 242 g/mol. The third kappa shape index (κ3) is 2.02. The van der Waals surface area contributed by atoms with Crippen LogP contribution in [0.25, 0.3) is 0 Å². The summed E-state index contributed by atoms with van der Waals surface area (Å²) < 4.78 is 10.4. The molecule has 0 unspecified atom stereocenters. The van der Waals surface area contributed by atoms with Crippen molar-refractivity contribution in [2.75, 3.05) is 14.2 Å². The fourth-order valence-corrected chi connectivity index (χ4v) is 2.19. The molecule has 0 amide bonds. The van der Waals surface area contributed by atoms with E-state index < -0.39 is 5.54 Å². The Morgan fingerprint density at radius 2 is 1.88 bits per heavy atom. The molecule has 17 heavy (non-hydrogen) atoms. The summed E-state index contributed by atoms with van der Waals surface area (Å²) in [5.41, 5.74) is 0.290. The van der Waals surface area contributed by atoms with Crippen LogP contribution in [0.5, 0.6) is 11.5 Å². The van der Waals surface area contributed by atoms with E-state index in [9.17, 15) is 4.79 Å². The van der Waals surface area contributed by atoms with Crippen LogP contribution in [-0.2, 0) is 10.3 Å². The zero-order valence-electron chi connectivity index (χ0n) is 9.62. The summed E-state index contributed by atoms with van der Waals surface area (Å²) >= 11 is 6.17. The van der Waals surface area contributed by atoms with E-state index in [1.165, 1.54) is 0 Å². The molecule has 4 nitrogen and oxygen atoms in total. The Labute approximate surface area is 104 Å². The summed E-state index contributed by atoms with van der Waals surface area (Å²) in [6, 6.07) is 3.45. The molecule has 1 saturated carbocycles. The number of halogens is 1. The smallest absolute Gasteiger partial charge is 0.235 e. The van der Waals surface area contributed by atoms with Crippen molar-refractivity contribution in [1.29, 1.82) is 0 Å². The molecule has 5 heteroatoms. The molecule has 0 N–H and O–H groups in total. The summed E-state index contributed by atoms with van der Waals surface area (Å²) in [7, 11) is 3.10. The molecule has 0 bridgehead atoms. The van der Waals surface area contributed by atoms with Crippen LogP contribution in [0.3, 0.4) is 0 Å². The van der Waals surface area contributed by atoms with Crippen LogP contribution in [-0.4, -0.2) is 20.3 Å². The quantitative estimate of drug-likeness (QED) is 0.612. The van der Waals surface area contributed by atoms with Gasteiger partial charge in [-0.1, -0.05) is 11.6 Å². The van der Waals surface area contributed by atoms with Crippen molar-refractivity contribution >= 4 is 17.7 Å². The number of hydrogen-bond donors (Lipinski definition) is 0. The van der Waals surface area contributed by atoms with E-state index in [1.54, 1.807) is 32.4 Å². The van der Waals surface area contributed by atoms with Crippen LogP contribution < -0.4 is 9.47 Å². The number of aliphatic imine (C=N–C) groups is 1. The lowest BCUT2D eigenvalue weighted by Crippen LogP contribution is -2.04. The van der Waals surface area contributed by atoms with Gasteiger partial charge in [0.15, 0.2) is 11.5 Å². The van der Waals surface area contributed by atoms with E-state index in [-0.39, 0.29) is 0 Å². The Hall–Kier alpha value is -1.51. The monoisotopic (exact) mass is 253 g/mol. The van der Waals surface area contributed by atoms with Crippen molar-refractivity contribution in [3.05, 3.63) is 22.7 Å². The fraction of sp³-hybridized carbons (Fsp3) is 0.417. The summed E-state index contributed by atoms with van der Waals surface area (Å²) in [6.45, 7) is 0. The van der Waals surface area contributed by atoms with Gasteiger partial charge in [-0.05, 0) is 18.9 Å². The third-order valence-corrected chi connectivity index (χ3v) is 3.27. The molecule has 0 aliphatic heterocycles. The molecule has 0 saturated heterocycles. The van der Waals surface area contributed by atoms with Gasteiger partial charge in [-0.2, -0.15) is 4.99 Å². The number of rotatable bonds is 4. The molecule has 0 aromatic heterocycles. The number of ether oxygens (including phenoxy) is 2. The molecule has 0 spiro atoms. The number of nitrogens with zero attached hydrogens (tertiary/aromatic N) is 1. The number of hydrogen-bond acceptors (Lipinski definition) is 4. The molecule has 1 fully saturated rings. The highest BCUT2D eigenvalue weighted by Crippen LogP contribution is 2.53. The van der Waals surface area contributed by atoms with Crippen molar-refractivity contribution in [1.82, 2.24) is 0 Å². The molecule has 0 atom stereocenters. The summed E-state index contributed by atoms with van der Waals surface area (Å²) in [6.07, 6.45) is 3.21. The molecule has 1 aromatic carbocycles. The van der Waals surface area contributed by atoms with Gasteiger partial charge in [0.2, 0.25) is 6.08 Å². The molecule has 1 aliphatic rings. The first-order valence-electron chi connectivity index (χ1n) is 5.18. The molecule has 90 valence electrons. The Morgan fingerprint density at radius 3 is 2.35 bits per heavy atom. The maximum Gasteiger partial charge on any atom is 0.235 e. The fourth-order valence-electron chi connectivity index (χ4n) is 1.86. The normalized spacial score (nSPS) is 15.9. The lowest BCUT2D eigenvalue weighted by atomic mass is 10.0. The first kappa shape index (κ1) is 12.0. The summed E-state index contributed by atoms with van der Waals surface area (Å²) in [4.78, 5) is 14.3. The molecule has 1 aromatic rings. The Balaban J connectivity index is 2.52. The second-order valence-electron chi connectivity index (χ2n) is 3.92. The van der Waals surface area contributed by atoms with Gasteiger partial charge in [0.05, 0.1) is 24.8 Å². The van der Waals surface area contributed by atoms with Crippen molar-refractivity contribution in [3.8, 4) is 11.5 Å². The highest BCUT2D eigenvalue weighted by molar-refractivity contribution is 6.31. The van der Waals surface area contributed by atoms with Crippen LogP contribution in [0.1, 0.15) is 18.4 Å². The predicted octanol–water partition coefficient (Wildman–Crippen LogP) is 2.68. The van der Waals surface area contributed by atoms with Crippen molar-refractivity contribution < 1.29 is 14.3 Å². The van der Waals surface area contributed by atoms with Crippen LogP contribution in [0.15, 0.2) is 17.1 Å². The predicted molar refractivity (Wildman–Crippen MR) is 63.6 cm³/mol. The van der Waals surface area contributed by atoms with E-state index in [1.807, 2.05) is 0 Å². The average Bonchev–Trinajstić information content (AvgIpc) is 3.09. The van der Waals surface area contributed by atoms with Gasteiger partial charge in [-0.3, -0.25) is 0 Å². The minimum atomic E-state index is -0.502. The van der Waals surface area contributed by atoms with Crippen molar-refractivity contribution in [3.63, 3.8) is 0 Å². The zero-order chi connectivity index (χ0) is 12.5. The second kappa shape index (κ2) is 4.40. The minimum absolute atomic E-state index is 0.502. The van der Waals surface area contributed by atoms with E-state index in [2.05, 4.69) is 4.99 Å². The number of methoxy groups -OCH3 is 2. The number of isocyanates is 1. The van der Waals surface area contributed by atoms with E-state index in [4.69, 9.17) is 21.1 Å². The van der Waals surface area contributed by atoms with Gasteiger partial charge in [0, 0.05) is 11.6 Å². The lowest BCUT2D eigenvalue weighted by Gasteiger charge is -2.15. The van der Waals surface area contributed by atoms with Gasteiger partial charge < -0.3 is 9.47 Å². The van der Waals surface area contributed by atoms with E-state index in [0.717, 1.165) is 18.4 Å². The topological polar surface area (TPSA) is 47.9 Å². The lowest BCUT2D eigenvalue weighted by molar-refractivity contribution is 0.354. The second-order valence-corrected chi connectivity index (χ2v) is 4.33. The maximum atomic E-state index is 10.4. The van der Waals surface area contributed by atoms with Crippen LogP contribution in [0.4, 0.5) is 0 Å². The molecule has 1 aliphatic carbocycles. The van der Waals surface area contributed by atoms with Gasteiger partial charge in [-0.25, -0.2) is 4.79 Å². The van der Waals surface area contributed by atoms with Gasteiger partial charge in [0.1, 0.15) is 0 Å². The molecule has 2 rings (SSSR count). The SMILES string of the molecule is COc1cc(Cl)c(C2(N=C=O)CC2)cc1OC. The molecule has 0 radical (unpaired) electrons. The summed E-state index contributed by atoms with van der Waals surface area (Å²) in [5, 5.41) is 0.527. The molecular formula is C12H12ClNO3. The maximum absolute atomic E-state index is 10.4. The van der Waals surface area contributed by atoms with Crippen LogP contribution >= 0.6 is 11.6 Å². The van der Waals surface area contributed by atoms with Crippen LogP contribution in [0.2, 0.25) is 5.02 Å².